The maximum Gasteiger partial charge on any atom is 0.127 e. The van der Waals surface area contributed by atoms with Gasteiger partial charge in [-0.3, -0.25) is 0 Å². The van der Waals surface area contributed by atoms with Crippen molar-refractivity contribution in [2.75, 3.05) is 13.6 Å². The van der Waals surface area contributed by atoms with E-state index in [0.717, 1.165) is 37.9 Å². The number of hydrogen-bond acceptors (Lipinski definition) is 4. The average Bonchev–Trinajstić information content (AvgIpc) is 2.72. The van der Waals surface area contributed by atoms with Crippen LogP contribution in [0.15, 0.2) is 5.51 Å². The maximum absolute atomic E-state index is 11.3. The van der Waals surface area contributed by atoms with Gasteiger partial charge in [-0.25, -0.2) is 4.98 Å². The molecule has 0 amide bonds. The van der Waals surface area contributed by atoms with Crippen LogP contribution in [0.25, 0.3) is 0 Å². The monoisotopic (exact) mass is 254 g/mol. The van der Waals surface area contributed by atoms with Crippen molar-refractivity contribution in [1.82, 2.24) is 9.88 Å². The molecule has 0 aliphatic carbocycles. The summed E-state index contributed by atoms with van der Waals surface area (Å²) in [6.07, 6.45) is 2.93. The van der Waals surface area contributed by atoms with E-state index in [4.69, 9.17) is 0 Å². The Bertz CT molecular complexity index is 358. The summed E-state index contributed by atoms with van der Waals surface area (Å²) in [6, 6.07) is 0. The lowest BCUT2D eigenvalue weighted by atomic mass is 9.83. The Hall–Kier alpha value is -0.740. The van der Waals surface area contributed by atoms with Gasteiger partial charge in [0.05, 0.1) is 11.2 Å². The van der Waals surface area contributed by atoms with Gasteiger partial charge < -0.3 is 9.69 Å². The Morgan fingerprint density at radius 2 is 2.12 bits per heavy atom. The van der Waals surface area contributed by atoms with E-state index < -0.39 is 0 Å². The second-order valence-corrected chi connectivity index (χ2v) is 5.66. The number of carbonyl (C=O) groups is 1. The number of thiazole rings is 1. The molecule has 0 bridgehead atoms. The first-order valence-corrected chi connectivity index (χ1v) is 6.98. The smallest absolute Gasteiger partial charge is 0.127 e. The summed E-state index contributed by atoms with van der Waals surface area (Å²) in [5.74, 6) is 0. The van der Waals surface area contributed by atoms with Gasteiger partial charge in [-0.2, -0.15) is 0 Å². The van der Waals surface area contributed by atoms with Crippen molar-refractivity contribution in [2.45, 2.75) is 40.2 Å². The lowest BCUT2D eigenvalue weighted by molar-refractivity contribution is -0.117. The van der Waals surface area contributed by atoms with Crippen LogP contribution in [0, 0.1) is 12.3 Å². The number of aldehydes is 1. The number of hydrogen-bond donors (Lipinski definition) is 0. The third kappa shape index (κ3) is 3.61. The molecule has 0 spiro atoms. The minimum absolute atomic E-state index is 0.187. The van der Waals surface area contributed by atoms with Crippen LogP contribution in [0.3, 0.4) is 0 Å². The molecule has 0 N–H and O–H groups in total. The molecule has 17 heavy (non-hydrogen) atoms. The summed E-state index contributed by atoms with van der Waals surface area (Å²) in [6.45, 7) is 7.91. The predicted molar refractivity (Wildman–Crippen MR) is 72.3 cm³/mol. The fourth-order valence-corrected chi connectivity index (χ4v) is 2.85. The molecule has 0 radical (unpaired) electrons. The van der Waals surface area contributed by atoms with Gasteiger partial charge in [0.2, 0.25) is 0 Å². The van der Waals surface area contributed by atoms with Crippen molar-refractivity contribution >= 4 is 17.6 Å². The van der Waals surface area contributed by atoms with Gasteiger partial charge >= 0.3 is 0 Å². The summed E-state index contributed by atoms with van der Waals surface area (Å²) in [5, 5.41) is 0. The Morgan fingerprint density at radius 1 is 1.47 bits per heavy atom. The lowest BCUT2D eigenvalue weighted by Crippen LogP contribution is -2.35. The van der Waals surface area contributed by atoms with Crippen molar-refractivity contribution in [2.24, 2.45) is 5.41 Å². The molecule has 0 aliphatic rings. The molecule has 1 heterocycles. The summed E-state index contributed by atoms with van der Waals surface area (Å²) in [5.41, 5.74) is 2.80. The summed E-state index contributed by atoms with van der Waals surface area (Å²) in [4.78, 5) is 19.0. The first-order valence-electron chi connectivity index (χ1n) is 6.10. The van der Waals surface area contributed by atoms with Crippen molar-refractivity contribution in [1.29, 1.82) is 0 Å². The molecule has 1 aromatic rings. The summed E-state index contributed by atoms with van der Waals surface area (Å²) < 4.78 is 0. The van der Waals surface area contributed by atoms with E-state index >= 15 is 0 Å². The molecule has 0 saturated carbocycles. The van der Waals surface area contributed by atoms with E-state index in [-0.39, 0.29) is 5.41 Å². The van der Waals surface area contributed by atoms with Gasteiger partial charge in [-0.1, -0.05) is 13.8 Å². The number of aryl methyl sites for hydroxylation is 1. The Balaban J connectivity index is 2.62. The first kappa shape index (κ1) is 14.3. The van der Waals surface area contributed by atoms with Gasteiger partial charge in [0, 0.05) is 23.4 Å². The van der Waals surface area contributed by atoms with Gasteiger partial charge in [-0.05, 0) is 26.8 Å². The van der Waals surface area contributed by atoms with Crippen LogP contribution in [0.2, 0.25) is 0 Å². The minimum atomic E-state index is -0.187. The largest absolute Gasteiger partial charge is 0.303 e. The maximum atomic E-state index is 11.3. The third-order valence-electron chi connectivity index (χ3n) is 3.50. The summed E-state index contributed by atoms with van der Waals surface area (Å²) >= 11 is 1.69. The highest BCUT2D eigenvalue weighted by atomic mass is 32.1. The standard InChI is InChI=1S/C13H22N2OS/c1-5-13(6-2,9-16)8-15(4)7-12-11(3)14-10-17-12/h9-10H,5-8H2,1-4H3. The molecule has 1 aromatic heterocycles. The molecule has 3 nitrogen and oxygen atoms in total. The van der Waals surface area contributed by atoms with Crippen molar-refractivity contribution in [3.8, 4) is 0 Å². The highest BCUT2D eigenvalue weighted by molar-refractivity contribution is 7.09. The van der Waals surface area contributed by atoms with Crippen LogP contribution >= 0.6 is 11.3 Å². The summed E-state index contributed by atoms with van der Waals surface area (Å²) in [7, 11) is 2.07. The van der Waals surface area contributed by atoms with Gasteiger partial charge in [0.15, 0.2) is 0 Å². The van der Waals surface area contributed by atoms with E-state index in [0.29, 0.717) is 0 Å². The van der Waals surface area contributed by atoms with Gasteiger partial charge in [0.25, 0.3) is 0 Å². The van der Waals surface area contributed by atoms with Crippen LogP contribution in [-0.2, 0) is 11.3 Å². The van der Waals surface area contributed by atoms with Crippen molar-refractivity contribution < 1.29 is 4.79 Å². The minimum Gasteiger partial charge on any atom is -0.303 e. The van der Waals surface area contributed by atoms with E-state index in [9.17, 15) is 4.79 Å². The molecule has 1 rings (SSSR count). The van der Waals surface area contributed by atoms with Crippen LogP contribution in [0.1, 0.15) is 37.3 Å². The number of carbonyl (C=O) groups excluding carboxylic acids is 1. The average molecular weight is 254 g/mol. The Labute approximate surface area is 108 Å². The van der Waals surface area contributed by atoms with Crippen LogP contribution in [-0.4, -0.2) is 29.8 Å². The predicted octanol–water partition coefficient (Wildman–Crippen LogP) is 2.89. The molecule has 0 saturated heterocycles. The molecular formula is C13H22N2OS. The van der Waals surface area contributed by atoms with Gasteiger partial charge in [0.1, 0.15) is 6.29 Å². The van der Waals surface area contributed by atoms with E-state index in [1.54, 1.807) is 11.3 Å². The lowest BCUT2D eigenvalue weighted by Gasteiger charge is -2.30. The second kappa shape index (κ2) is 6.26. The molecule has 0 fully saturated rings. The number of aromatic nitrogens is 1. The van der Waals surface area contributed by atoms with Crippen molar-refractivity contribution in [3.63, 3.8) is 0 Å². The van der Waals surface area contributed by atoms with Crippen LogP contribution in [0.5, 0.6) is 0 Å². The normalized spacial score (nSPS) is 12.1. The molecule has 4 heteroatoms. The van der Waals surface area contributed by atoms with Gasteiger partial charge in [-0.15, -0.1) is 11.3 Å². The highest BCUT2D eigenvalue weighted by Gasteiger charge is 2.27. The zero-order chi connectivity index (χ0) is 12.9. The fraction of sp³-hybridized carbons (Fsp3) is 0.692. The number of rotatable bonds is 7. The Morgan fingerprint density at radius 3 is 2.53 bits per heavy atom. The topological polar surface area (TPSA) is 33.2 Å². The van der Waals surface area contributed by atoms with Crippen molar-refractivity contribution in [3.05, 3.63) is 16.1 Å². The van der Waals surface area contributed by atoms with E-state index in [1.807, 2.05) is 12.4 Å². The first-order chi connectivity index (χ1) is 8.06. The van der Waals surface area contributed by atoms with Crippen LogP contribution < -0.4 is 0 Å². The fourth-order valence-electron chi connectivity index (χ4n) is 1.99. The molecule has 96 valence electrons. The SMILES string of the molecule is CCC(C=O)(CC)CN(C)Cc1scnc1C. The zero-order valence-corrected chi connectivity index (χ0v) is 12.0. The van der Waals surface area contributed by atoms with Crippen LogP contribution in [0.4, 0.5) is 0 Å². The molecule has 0 aliphatic heterocycles. The van der Waals surface area contributed by atoms with E-state index in [1.165, 1.54) is 4.88 Å². The van der Waals surface area contributed by atoms with E-state index in [2.05, 4.69) is 30.8 Å². The number of nitrogens with zero attached hydrogens (tertiary/aromatic N) is 2. The third-order valence-corrected chi connectivity index (χ3v) is 4.42. The zero-order valence-electron chi connectivity index (χ0n) is 11.2. The quantitative estimate of drug-likeness (QED) is 0.701. The molecule has 0 unspecified atom stereocenters. The molecule has 0 atom stereocenters. The molecular weight excluding hydrogens is 232 g/mol. The second-order valence-electron chi connectivity index (χ2n) is 4.72. The Kier molecular flexibility index (Phi) is 5.28. The molecule has 0 aromatic carbocycles. The highest BCUT2D eigenvalue weighted by Crippen LogP contribution is 2.25.